The van der Waals surface area contributed by atoms with Crippen molar-refractivity contribution in [3.05, 3.63) is 72.3 Å². The van der Waals surface area contributed by atoms with Crippen LogP contribution >= 0.6 is 0 Å². The van der Waals surface area contributed by atoms with Crippen molar-refractivity contribution in [2.24, 2.45) is 5.92 Å². The van der Waals surface area contributed by atoms with E-state index in [1.807, 2.05) is 0 Å². The molecular weight excluding hydrogens is 598 g/mol. The molecule has 0 amide bonds. The predicted molar refractivity (Wildman–Crippen MR) is 143 cm³/mol. The largest absolute Gasteiger partial charge is 0.498 e. The quantitative estimate of drug-likeness (QED) is 0.231. The van der Waals surface area contributed by atoms with Crippen LogP contribution in [-0.2, 0) is 24.1 Å². The highest BCUT2D eigenvalue weighted by Crippen LogP contribution is 2.53. The minimum Gasteiger partial charge on any atom is -0.407 e. The Labute approximate surface area is 231 Å². The molecule has 1 aliphatic rings. The molecule has 3 rings (SSSR count). The highest BCUT2D eigenvalue weighted by Gasteiger charge is 2.75. The molecule has 1 unspecified atom stereocenters. The van der Waals surface area contributed by atoms with Crippen molar-refractivity contribution in [2.75, 3.05) is 6.61 Å². The van der Waals surface area contributed by atoms with E-state index in [9.17, 15) is 43.2 Å². The predicted octanol–water partition coefficient (Wildman–Crippen LogP) is 5.48. The first-order chi connectivity index (χ1) is 18.2. The fourth-order valence-corrected chi connectivity index (χ4v) is 14.4. The van der Waals surface area contributed by atoms with Gasteiger partial charge in [-0.2, -0.15) is 26.3 Å². The van der Waals surface area contributed by atoms with Gasteiger partial charge in [0, 0.05) is 18.9 Å². The molecular formula is C26H30F6O5S2Si. The van der Waals surface area contributed by atoms with E-state index < -0.39 is 73.5 Å². The van der Waals surface area contributed by atoms with Gasteiger partial charge in [-0.05, 0) is 28.8 Å². The van der Waals surface area contributed by atoms with Crippen LogP contribution in [0.5, 0.6) is 0 Å². The lowest BCUT2D eigenvalue weighted by Gasteiger charge is -2.46. The van der Waals surface area contributed by atoms with E-state index in [1.54, 1.807) is 81.4 Å². The second-order valence-corrected chi connectivity index (χ2v) is 19.8. The maximum absolute atomic E-state index is 14.0. The number of rotatable bonds is 7. The lowest BCUT2D eigenvalue weighted by Crippen LogP contribution is -2.68. The van der Waals surface area contributed by atoms with Gasteiger partial charge in [0.15, 0.2) is 4.08 Å². The molecule has 2 aromatic carbocycles. The molecule has 5 nitrogen and oxygen atoms in total. The van der Waals surface area contributed by atoms with Gasteiger partial charge in [0.25, 0.3) is 28.0 Å². The van der Waals surface area contributed by atoms with E-state index in [4.69, 9.17) is 4.43 Å². The average molecular weight is 629 g/mol. The molecule has 14 heteroatoms. The second-order valence-electron chi connectivity index (χ2n) is 10.8. The third kappa shape index (κ3) is 5.05. The molecule has 0 heterocycles. The molecule has 1 atom stereocenters. The number of sulfone groups is 2. The zero-order valence-electron chi connectivity index (χ0n) is 22.2. The van der Waals surface area contributed by atoms with Crippen molar-refractivity contribution in [3.8, 4) is 0 Å². The first-order valence-corrected chi connectivity index (χ1v) is 17.1. The third-order valence-electron chi connectivity index (χ3n) is 7.36. The molecule has 0 N–H and O–H groups in total. The van der Waals surface area contributed by atoms with E-state index in [0.29, 0.717) is 10.4 Å². The molecule has 2 aromatic rings. The molecule has 0 fully saturated rings. The fourth-order valence-electron chi connectivity index (χ4n) is 5.48. The van der Waals surface area contributed by atoms with Gasteiger partial charge in [-0.25, -0.2) is 16.8 Å². The summed E-state index contributed by atoms with van der Waals surface area (Å²) >= 11 is 0. The van der Waals surface area contributed by atoms with Crippen molar-refractivity contribution in [3.63, 3.8) is 0 Å². The van der Waals surface area contributed by atoms with E-state index in [0.717, 1.165) is 6.08 Å². The van der Waals surface area contributed by atoms with Crippen LogP contribution in [-0.4, -0.2) is 46.9 Å². The summed E-state index contributed by atoms with van der Waals surface area (Å²) < 4.78 is 138. The molecule has 1 aliphatic carbocycles. The number of hydrogen-bond acceptors (Lipinski definition) is 5. The van der Waals surface area contributed by atoms with Crippen LogP contribution in [0.4, 0.5) is 26.3 Å². The Morgan fingerprint density at radius 2 is 1.20 bits per heavy atom. The lowest BCUT2D eigenvalue weighted by molar-refractivity contribution is -0.0512. The summed E-state index contributed by atoms with van der Waals surface area (Å²) in [6, 6.07) is 17.2. The standard InChI is InChI=1S/C26H30F6O5S2Si/c1-19-15-16-24(38(33,34)25(27,28)29,39(35,36)26(30,31)32)20(17-19)18-37-40(23(2,3)4,21-11-7-5-8-12-21)22-13-9-6-10-14-22/h5-15,20H,16-18H2,1-4H3. The summed E-state index contributed by atoms with van der Waals surface area (Å²) in [6.07, 6.45) is -1.37. The van der Waals surface area contributed by atoms with E-state index in [2.05, 4.69) is 0 Å². The monoisotopic (exact) mass is 628 g/mol. The van der Waals surface area contributed by atoms with Crippen molar-refractivity contribution in [2.45, 2.75) is 60.7 Å². The zero-order chi connectivity index (χ0) is 30.4. The topological polar surface area (TPSA) is 77.5 Å². The maximum atomic E-state index is 14.0. The van der Waals surface area contributed by atoms with Crippen LogP contribution in [0.25, 0.3) is 0 Å². The summed E-state index contributed by atoms with van der Waals surface area (Å²) in [4.78, 5) is 0. The molecule has 0 saturated carbocycles. The first-order valence-electron chi connectivity index (χ1n) is 12.2. The molecule has 0 aliphatic heterocycles. The van der Waals surface area contributed by atoms with Gasteiger partial charge in [0.2, 0.25) is 0 Å². The SMILES string of the molecule is CC1=CCC(S(=O)(=O)C(F)(F)F)(S(=O)(=O)C(F)(F)F)C(CO[Si](c2ccccc2)(c2ccccc2)C(C)(C)C)C1. The molecule has 0 aromatic heterocycles. The van der Waals surface area contributed by atoms with Gasteiger partial charge >= 0.3 is 11.0 Å². The van der Waals surface area contributed by atoms with Gasteiger partial charge in [0.05, 0.1) is 0 Å². The van der Waals surface area contributed by atoms with Crippen molar-refractivity contribution in [1.82, 2.24) is 0 Å². The van der Waals surface area contributed by atoms with Crippen LogP contribution in [0, 0.1) is 5.92 Å². The smallest absolute Gasteiger partial charge is 0.407 e. The zero-order valence-corrected chi connectivity index (χ0v) is 24.8. The van der Waals surface area contributed by atoms with Gasteiger partial charge in [-0.15, -0.1) is 0 Å². The highest BCUT2D eigenvalue weighted by atomic mass is 32.3. The normalized spacial score (nSPS) is 19.2. The number of allylic oxidation sites excluding steroid dienone is 2. The van der Waals surface area contributed by atoms with Gasteiger partial charge in [-0.1, -0.05) is 93.1 Å². The minimum absolute atomic E-state index is 0.251. The number of alkyl halides is 6. The Balaban J connectivity index is 2.34. The number of hydrogen-bond donors (Lipinski definition) is 0. The van der Waals surface area contributed by atoms with Crippen LogP contribution in [0.3, 0.4) is 0 Å². The van der Waals surface area contributed by atoms with Gasteiger partial charge < -0.3 is 4.43 Å². The molecule has 0 saturated heterocycles. The Kier molecular flexibility index (Phi) is 8.57. The molecule has 0 radical (unpaired) electrons. The number of benzene rings is 2. The van der Waals surface area contributed by atoms with Crippen molar-refractivity contribution < 1.29 is 47.6 Å². The summed E-state index contributed by atoms with van der Waals surface area (Å²) in [6.45, 7) is 5.81. The maximum Gasteiger partial charge on any atom is 0.498 e. The fraction of sp³-hybridized carbons (Fsp3) is 0.462. The Bertz CT molecular complexity index is 1360. The van der Waals surface area contributed by atoms with Crippen LogP contribution in [0.2, 0.25) is 5.04 Å². The van der Waals surface area contributed by atoms with E-state index >= 15 is 0 Å². The van der Waals surface area contributed by atoms with Crippen LogP contribution in [0.15, 0.2) is 72.3 Å². The van der Waals surface area contributed by atoms with Crippen molar-refractivity contribution in [1.29, 1.82) is 0 Å². The summed E-state index contributed by atoms with van der Waals surface area (Å²) in [5, 5.41) is 0.475. The number of halogens is 6. The molecule has 0 spiro atoms. The molecule has 0 bridgehead atoms. The highest BCUT2D eigenvalue weighted by molar-refractivity contribution is 8.11. The van der Waals surface area contributed by atoms with Gasteiger partial charge in [-0.3, -0.25) is 0 Å². The Hall–Kier alpha value is -2.16. The van der Waals surface area contributed by atoms with E-state index in [1.165, 1.54) is 6.92 Å². The Morgan fingerprint density at radius 1 is 0.800 bits per heavy atom. The average Bonchev–Trinajstić information content (AvgIpc) is 2.83. The molecule has 222 valence electrons. The van der Waals surface area contributed by atoms with Crippen molar-refractivity contribution >= 4 is 38.4 Å². The summed E-state index contributed by atoms with van der Waals surface area (Å²) in [5.74, 6) is -2.21. The summed E-state index contributed by atoms with van der Waals surface area (Å²) in [5.41, 5.74) is -12.3. The minimum atomic E-state index is -6.92. The van der Waals surface area contributed by atoms with Crippen LogP contribution < -0.4 is 10.4 Å². The summed E-state index contributed by atoms with van der Waals surface area (Å²) in [7, 11) is -17.4. The van der Waals surface area contributed by atoms with E-state index in [-0.39, 0.29) is 5.57 Å². The third-order valence-corrected chi connectivity index (χ3v) is 17.7. The first kappa shape index (κ1) is 32.4. The lowest BCUT2D eigenvalue weighted by atomic mass is 9.89. The van der Waals surface area contributed by atoms with Gasteiger partial charge in [0.1, 0.15) is 0 Å². The second kappa shape index (κ2) is 10.6. The van der Waals surface area contributed by atoms with Crippen LogP contribution in [0.1, 0.15) is 40.5 Å². The Morgan fingerprint density at radius 3 is 1.55 bits per heavy atom. The molecule has 40 heavy (non-hydrogen) atoms.